The van der Waals surface area contributed by atoms with Crippen LogP contribution in [0.4, 0.5) is 0 Å². The summed E-state index contributed by atoms with van der Waals surface area (Å²) < 4.78 is 5.71. The Kier molecular flexibility index (Phi) is 3.72. The van der Waals surface area contributed by atoms with Gasteiger partial charge in [0.25, 0.3) is 0 Å². The molecular weight excluding hydrogens is 274 g/mol. The Balaban J connectivity index is 1.31. The van der Waals surface area contributed by atoms with Crippen molar-refractivity contribution in [2.24, 2.45) is 11.8 Å². The molecule has 0 radical (unpaired) electrons. The van der Waals surface area contributed by atoms with Crippen LogP contribution in [0.15, 0.2) is 40.9 Å². The highest BCUT2D eigenvalue weighted by Gasteiger charge is 2.39. The molecule has 0 unspecified atom stereocenters. The standard InChI is InChI=1S/C18H23N3O/c1-14-5-6-18(22-14)13-21-10-15-8-20(9-16(15)11-21)12-17-4-2-3-7-19-17/h2-7,15-16H,8-13H2,1H3/t15-,16+. The Bertz CT molecular complexity index is 610. The van der Waals surface area contributed by atoms with Gasteiger partial charge in [0.1, 0.15) is 11.5 Å². The summed E-state index contributed by atoms with van der Waals surface area (Å²) in [7, 11) is 0. The molecule has 0 N–H and O–H groups in total. The number of aryl methyl sites for hydroxylation is 1. The monoisotopic (exact) mass is 297 g/mol. The molecule has 4 nitrogen and oxygen atoms in total. The van der Waals surface area contributed by atoms with Crippen LogP contribution >= 0.6 is 0 Å². The minimum Gasteiger partial charge on any atom is -0.465 e. The van der Waals surface area contributed by atoms with Crippen LogP contribution in [-0.2, 0) is 13.1 Å². The lowest BCUT2D eigenvalue weighted by Gasteiger charge is -2.20. The van der Waals surface area contributed by atoms with Crippen molar-refractivity contribution in [3.63, 3.8) is 0 Å². The molecule has 4 heterocycles. The highest BCUT2D eigenvalue weighted by atomic mass is 16.3. The molecule has 4 rings (SSSR count). The number of pyridine rings is 1. The fourth-order valence-electron chi connectivity index (χ4n) is 3.96. The first-order valence-corrected chi connectivity index (χ1v) is 8.16. The summed E-state index contributed by atoms with van der Waals surface area (Å²) in [6.07, 6.45) is 1.89. The molecule has 2 aromatic rings. The summed E-state index contributed by atoms with van der Waals surface area (Å²) in [5.41, 5.74) is 1.19. The fraction of sp³-hybridized carbons (Fsp3) is 0.500. The van der Waals surface area contributed by atoms with Crippen LogP contribution in [0.1, 0.15) is 17.2 Å². The first-order valence-electron chi connectivity index (χ1n) is 8.16. The van der Waals surface area contributed by atoms with Crippen LogP contribution in [0.2, 0.25) is 0 Å². The minimum atomic E-state index is 0.805. The van der Waals surface area contributed by atoms with Gasteiger partial charge in [-0.1, -0.05) is 6.07 Å². The Morgan fingerprint density at radius 2 is 1.73 bits per heavy atom. The minimum absolute atomic E-state index is 0.805. The number of hydrogen-bond acceptors (Lipinski definition) is 4. The average molecular weight is 297 g/mol. The van der Waals surface area contributed by atoms with Crippen molar-refractivity contribution >= 4 is 0 Å². The molecule has 4 heteroatoms. The van der Waals surface area contributed by atoms with E-state index in [1.165, 1.54) is 31.9 Å². The van der Waals surface area contributed by atoms with Gasteiger partial charge in [0.15, 0.2) is 0 Å². The van der Waals surface area contributed by atoms with E-state index < -0.39 is 0 Å². The quantitative estimate of drug-likeness (QED) is 0.868. The van der Waals surface area contributed by atoms with Gasteiger partial charge in [0.2, 0.25) is 0 Å². The highest BCUT2D eigenvalue weighted by Crippen LogP contribution is 2.32. The molecule has 116 valence electrons. The van der Waals surface area contributed by atoms with E-state index in [4.69, 9.17) is 4.42 Å². The van der Waals surface area contributed by atoms with Gasteiger partial charge in [-0.2, -0.15) is 0 Å². The maximum atomic E-state index is 5.71. The molecule has 2 aliphatic rings. The van der Waals surface area contributed by atoms with E-state index >= 15 is 0 Å². The van der Waals surface area contributed by atoms with Gasteiger partial charge in [-0.15, -0.1) is 0 Å². The summed E-state index contributed by atoms with van der Waals surface area (Å²) in [6.45, 7) is 8.76. The molecule has 2 aliphatic heterocycles. The van der Waals surface area contributed by atoms with Crippen LogP contribution in [0, 0.1) is 18.8 Å². The second-order valence-electron chi connectivity index (χ2n) is 6.74. The van der Waals surface area contributed by atoms with Crippen molar-refractivity contribution in [2.45, 2.75) is 20.0 Å². The van der Waals surface area contributed by atoms with Crippen LogP contribution in [0.3, 0.4) is 0 Å². The van der Waals surface area contributed by atoms with Crippen molar-refractivity contribution in [2.75, 3.05) is 26.2 Å². The van der Waals surface area contributed by atoms with E-state index in [-0.39, 0.29) is 0 Å². The predicted molar refractivity (Wildman–Crippen MR) is 85.2 cm³/mol. The second-order valence-corrected chi connectivity index (χ2v) is 6.74. The molecule has 0 spiro atoms. The zero-order chi connectivity index (χ0) is 14.9. The van der Waals surface area contributed by atoms with E-state index in [2.05, 4.69) is 39.0 Å². The van der Waals surface area contributed by atoms with Gasteiger partial charge < -0.3 is 4.42 Å². The first-order chi connectivity index (χ1) is 10.8. The fourth-order valence-corrected chi connectivity index (χ4v) is 3.96. The Morgan fingerprint density at radius 1 is 1.00 bits per heavy atom. The Hall–Kier alpha value is -1.65. The van der Waals surface area contributed by atoms with Gasteiger partial charge in [-0.3, -0.25) is 14.8 Å². The normalized spacial score (nSPS) is 25.7. The van der Waals surface area contributed by atoms with Gasteiger partial charge in [0, 0.05) is 38.9 Å². The zero-order valence-electron chi connectivity index (χ0n) is 13.1. The van der Waals surface area contributed by atoms with E-state index in [1.54, 1.807) is 0 Å². The van der Waals surface area contributed by atoms with Gasteiger partial charge in [0.05, 0.1) is 12.2 Å². The lowest BCUT2D eigenvalue weighted by Crippen LogP contribution is -2.28. The predicted octanol–water partition coefficient (Wildman–Crippen LogP) is 2.55. The van der Waals surface area contributed by atoms with Crippen LogP contribution in [-0.4, -0.2) is 41.0 Å². The van der Waals surface area contributed by atoms with Gasteiger partial charge in [-0.05, 0) is 43.0 Å². The van der Waals surface area contributed by atoms with Crippen LogP contribution < -0.4 is 0 Å². The molecule has 0 aliphatic carbocycles. The van der Waals surface area contributed by atoms with Crippen molar-refractivity contribution in [3.8, 4) is 0 Å². The maximum absolute atomic E-state index is 5.71. The number of likely N-dealkylation sites (tertiary alicyclic amines) is 2. The number of rotatable bonds is 4. The van der Waals surface area contributed by atoms with Crippen molar-refractivity contribution in [3.05, 3.63) is 53.7 Å². The molecule has 22 heavy (non-hydrogen) atoms. The zero-order valence-corrected chi connectivity index (χ0v) is 13.1. The number of furan rings is 1. The Labute approximate surface area is 131 Å². The highest BCUT2D eigenvalue weighted by molar-refractivity contribution is 5.07. The number of hydrogen-bond donors (Lipinski definition) is 0. The largest absolute Gasteiger partial charge is 0.465 e. The number of aromatic nitrogens is 1. The third-order valence-electron chi connectivity index (χ3n) is 4.92. The molecule has 2 saturated heterocycles. The van der Waals surface area contributed by atoms with E-state index in [0.717, 1.165) is 36.4 Å². The number of nitrogens with zero attached hydrogens (tertiary/aromatic N) is 3. The van der Waals surface area contributed by atoms with E-state index in [1.807, 2.05) is 19.2 Å². The van der Waals surface area contributed by atoms with Gasteiger partial charge >= 0.3 is 0 Å². The molecule has 2 fully saturated rings. The summed E-state index contributed by atoms with van der Waals surface area (Å²) in [4.78, 5) is 9.55. The second kappa shape index (κ2) is 5.86. The SMILES string of the molecule is Cc1ccc(CN2C[C@H]3CN(Cc4ccccn4)C[C@H]3C2)o1. The summed E-state index contributed by atoms with van der Waals surface area (Å²) in [5.74, 6) is 3.72. The molecule has 0 saturated carbocycles. The van der Waals surface area contributed by atoms with Crippen LogP contribution in [0.25, 0.3) is 0 Å². The first kappa shape index (κ1) is 14.0. The summed E-state index contributed by atoms with van der Waals surface area (Å²) in [6, 6.07) is 10.3. The third kappa shape index (κ3) is 2.94. The lowest BCUT2D eigenvalue weighted by molar-refractivity contribution is 0.233. The molecule has 0 aromatic carbocycles. The lowest BCUT2D eigenvalue weighted by atomic mass is 10.0. The molecule has 0 bridgehead atoms. The molecular formula is C18H23N3O. The smallest absolute Gasteiger partial charge is 0.118 e. The Morgan fingerprint density at radius 3 is 2.32 bits per heavy atom. The molecule has 2 atom stereocenters. The van der Waals surface area contributed by atoms with E-state index in [9.17, 15) is 0 Å². The summed E-state index contributed by atoms with van der Waals surface area (Å²) >= 11 is 0. The van der Waals surface area contributed by atoms with Crippen molar-refractivity contribution in [1.29, 1.82) is 0 Å². The number of fused-ring (bicyclic) bond motifs is 1. The molecule has 0 amide bonds. The topological polar surface area (TPSA) is 32.5 Å². The average Bonchev–Trinajstić information content (AvgIpc) is 3.16. The maximum Gasteiger partial charge on any atom is 0.118 e. The van der Waals surface area contributed by atoms with Crippen molar-refractivity contribution < 1.29 is 4.42 Å². The van der Waals surface area contributed by atoms with Gasteiger partial charge in [-0.25, -0.2) is 0 Å². The summed E-state index contributed by atoms with van der Waals surface area (Å²) in [5, 5.41) is 0. The van der Waals surface area contributed by atoms with E-state index in [0.29, 0.717) is 0 Å². The molecule has 2 aromatic heterocycles. The van der Waals surface area contributed by atoms with Crippen LogP contribution in [0.5, 0.6) is 0 Å². The third-order valence-corrected chi connectivity index (χ3v) is 4.92. The van der Waals surface area contributed by atoms with Crippen molar-refractivity contribution in [1.82, 2.24) is 14.8 Å².